The van der Waals surface area contributed by atoms with Crippen molar-refractivity contribution in [3.8, 4) is 0 Å². The summed E-state index contributed by atoms with van der Waals surface area (Å²) in [6.07, 6.45) is 0. The molecule has 0 spiro atoms. The van der Waals surface area contributed by atoms with E-state index in [1.165, 1.54) is 5.56 Å². The molecule has 1 unspecified atom stereocenters. The van der Waals surface area contributed by atoms with Crippen LogP contribution < -0.4 is 11.1 Å². The third-order valence-electron chi connectivity index (χ3n) is 2.98. The van der Waals surface area contributed by atoms with Crippen molar-refractivity contribution in [1.82, 2.24) is 0 Å². The second-order valence-electron chi connectivity index (χ2n) is 4.53. The first-order valence-corrected chi connectivity index (χ1v) is 7.03. The monoisotopic (exact) mass is 287 g/mol. The van der Waals surface area contributed by atoms with E-state index in [-0.39, 0.29) is 11.9 Å². The first kappa shape index (κ1) is 14.4. The Morgan fingerprint density at radius 1 is 1.15 bits per heavy atom. The molecule has 0 saturated carbocycles. The lowest BCUT2D eigenvalue weighted by molar-refractivity contribution is 0.885. The lowest BCUT2D eigenvalue weighted by Crippen LogP contribution is -2.13. The van der Waals surface area contributed by atoms with Crippen LogP contribution in [0.15, 0.2) is 59.6 Å². The van der Waals surface area contributed by atoms with E-state index in [4.69, 9.17) is 17.3 Å². The van der Waals surface area contributed by atoms with Crippen molar-refractivity contribution in [3.05, 3.63) is 60.2 Å². The molecule has 3 N–H and O–H groups in total. The summed E-state index contributed by atoms with van der Waals surface area (Å²) in [5.41, 5.74) is 8.67. The molecule has 0 aliphatic carbocycles. The van der Waals surface area contributed by atoms with Crippen LogP contribution in [0, 0.1) is 0 Å². The van der Waals surface area contributed by atoms with Gasteiger partial charge >= 0.3 is 0 Å². The van der Waals surface area contributed by atoms with Gasteiger partial charge in [-0.25, -0.2) is 4.99 Å². The normalized spacial score (nSPS) is 13.0. The third-order valence-corrected chi connectivity index (χ3v) is 3.25. The van der Waals surface area contributed by atoms with E-state index in [0.717, 1.165) is 11.4 Å². The third kappa shape index (κ3) is 3.75. The number of nitrogens with one attached hydrogen (secondary N) is 1. The highest BCUT2D eigenvalue weighted by atomic mass is 35.5. The molecule has 0 aromatic heterocycles. The summed E-state index contributed by atoms with van der Waals surface area (Å²) in [5.74, 6) is 0.635. The minimum Gasteiger partial charge on any atom is -0.386 e. The number of benzene rings is 2. The average Bonchev–Trinajstić information content (AvgIpc) is 2.50. The number of alkyl halides is 1. The van der Waals surface area contributed by atoms with Gasteiger partial charge in [0.25, 0.3) is 0 Å². The topological polar surface area (TPSA) is 50.4 Å². The summed E-state index contributed by atoms with van der Waals surface area (Å²) in [7, 11) is 0. The number of para-hydroxylation sites is 2. The molecule has 3 nitrogen and oxygen atoms in total. The number of amidine groups is 1. The van der Waals surface area contributed by atoms with Crippen LogP contribution in [0.2, 0.25) is 0 Å². The largest absolute Gasteiger partial charge is 0.386 e. The highest BCUT2D eigenvalue weighted by Crippen LogP contribution is 2.28. The van der Waals surface area contributed by atoms with Crippen molar-refractivity contribution in [2.45, 2.75) is 13.0 Å². The smallest absolute Gasteiger partial charge is 0.115 e. The van der Waals surface area contributed by atoms with E-state index < -0.39 is 0 Å². The number of halogens is 1. The van der Waals surface area contributed by atoms with Crippen LogP contribution in [0.1, 0.15) is 18.5 Å². The van der Waals surface area contributed by atoms with E-state index in [1.807, 2.05) is 42.5 Å². The van der Waals surface area contributed by atoms with Gasteiger partial charge in [-0.15, -0.1) is 11.6 Å². The van der Waals surface area contributed by atoms with E-state index >= 15 is 0 Å². The number of anilines is 1. The van der Waals surface area contributed by atoms with Crippen molar-refractivity contribution >= 4 is 28.8 Å². The van der Waals surface area contributed by atoms with Crippen molar-refractivity contribution in [1.29, 1.82) is 0 Å². The van der Waals surface area contributed by atoms with E-state index in [0.29, 0.717) is 5.84 Å². The first-order valence-electron chi connectivity index (χ1n) is 6.50. The van der Waals surface area contributed by atoms with Gasteiger partial charge in [-0.05, 0) is 24.6 Å². The molecule has 0 bridgehead atoms. The number of rotatable bonds is 5. The molecule has 2 aromatic carbocycles. The highest BCUT2D eigenvalue weighted by Gasteiger charge is 2.07. The summed E-state index contributed by atoms with van der Waals surface area (Å²) in [6, 6.07) is 18.2. The molecule has 0 aliphatic heterocycles. The Morgan fingerprint density at radius 2 is 1.80 bits per heavy atom. The number of hydrogen-bond acceptors (Lipinski definition) is 2. The predicted octanol–water partition coefficient (Wildman–Crippen LogP) is 4.09. The SMILES string of the molecule is CC(Nc1ccccc1N=C(N)CCl)c1ccccc1. The van der Waals surface area contributed by atoms with Gasteiger partial charge in [-0.1, -0.05) is 42.5 Å². The fourth-order valence-corrected chi connectivity index (χ4v) is 2.00. The van der Waals surface area contributed by atoms with Crippen molar-refractivity contribution in [2.75, 3.05) is 11.2 Å². The van der Waals surface area contributed by atoms with E-state index in [9.17, 15) is 0 Å². The highest BCUT2D eigenvalue weighted by molar-refractivity contribution is 6.28. The molecule has 20 heavy (non-hydrogen) atoms. The molecule has 0 saturated heterocycles. The van der Waals surface area contributed by atoms with Gasteiger partial charge in [0.05, 0.1) is 17.3 Å². The predicted molar refractivity (Wildman–Crippen MR) is 86.9 cm³/mol. The van der Waals surface area contributed by atoms with Crippen molar-refractivity contribution < 1.29 is 0 Å². The minimum atomic E-state index is 0.185. The maximum Gasteiger partial charge on any atom is 0.115 e. The molecule has 4 heteroatoms. The molecule has 0 fully saturated rings. The Labute approximate surface area is 124 Å². The van der Waals surface area contributed by atoms with Gasteiger partial charge in [0.15, 0.2) is 0 Å². The summed E-state index contributed by atoms with van der Waals surface area (Å²) in [4.78, 5) is 4.32. The van der Waals surface area contributed by atoms with Gasteiger partial charge in [-0.2, -0.15) is 0 Å². The number of nitrogens with two attached hydrogens (primary N) is 1. The zero-order chi connectivity index (χ0) is 14.4. The standard InChI is InChI=1S/C16H18ClN3/c1-12(13-7-3-2-4-8-13)19-14-9-5-6-10-15(14)20-16(18)11-17/h2-10,12,19H,11H2,1H3,(H2,18,20). The van der Waals surface area contributed by atoms with Crippen LogP contribution in [0.3, 0.4) is 0 Å². The van der Waals surface area contributed by atoms with Crippen LogP contribution in [-0.2, 0) is 0 Å². The minimum absolute atomic E-state index is 0.185. The Morgan fingerprint density at radius 3 is 2.50 bits per heavy atom. The average molecular weight is 288 g/mol. The van der Waals surface area contributed by atoms with Crippen molar-refractivity contribution in [2.24, 2.45) is 10.7 Å². The molecule has 0 amide bonds. The first-order chi connectivity index (χ1) is 9.70. The zero-order valence-corrected chi connectivity index (χ0v) is 12.1. The molecule has 0 aliphatic rings. The van der Waals surface area contributed by atoms with Crippen LogP contribution >= 0.6 is 11.6 Å². The quantitative estimate of drug-likeness (QED) is 0.494. The molecular formula is C16H18ClN3. The second-order valence-corrected chi connectivity index (χ2v) is 4.80. The number of nitrogens with zero attached hydrogens (tertiary/aromatic N) is 1. The molecule has 0 heterocycles. The fourth-order valence-electron chi connectivity index (χ4n) is 1.94. The molecule has 2 rings (SSSR count). The molecule has 1 atom stereocenters. The maximum atomic E-state index is 5.71. The Balaban J connectivity index is 2.21. The maximum absolute atomic E-state index is 5.71. The van der Waals surface area contributed by atoms with Crippen molar-refractivity contribution in [3.63, 3.8) is 0 Å². The lowest BCUT2D eigenvalue weighted by atomic mass is 10.1. The number of hydrogen-bond donors (Lipinski definition) is 2. The summed E-state index contributed by atoms with van der Waals surface area (Å²) < 4.78 is 0. The molecule has 2 aromatic rings. The summed E-state index contributed by atoms with van der Waals surface area (Å²) in [6.45, 7) is 2.11. The lowest BCUT2D eigenvalue weighted by Gasteiger charge is -2.17. The Hall–Kier alpha value is -2.00. The van der Waals surface area contributed by atoms with Crippen LogP contribution in [0.25, 0.3) is 0 Å². The van der Waals surface area contributed by atoms with Gasteiger partial charge in [0.2, 0.25) is 0 Å². The summed E-state index contributed by atoms with van der Waals surface area (Å²) in [5, 5.41) is 3.45. The number of aliphatic imine (C=N–C) groups is 1. The van der Waals surface area contributed by atoms with Crippen LogP contribution in [-0.4, -0.2) is 11.7 Å². The molecular weight excluding hydrogens is 270 g/mol. The second kappa shape index (κ2) is 6.96. The fraction of sp³-hybridized carbons (Fsp3) is 0.188. The van der Waals surface area contributed by atoms with Gasteiger partial charge in [-0.3, -0.25) is 0 Å². The van der Waals surface area contributed by atoms with Gasteiger partial charge < -0.3 is 11.1 Å². The van der Waals surface area contributed by atoms with E-state index in [1.54, 1.807) is 0 Å². The zero-order valence-electron chi connectivity index (χ0n) is 11.4. The Kier molecular flexibility index (Phi) is 5.02. The summed E-state index contributed by atoms with van der Waals surface area (Å²) >= 11 is 5.68. The van der Waals surface area contributed by atoms with Gasteiger partial charge in [0.1, 0.15) is 5.84 Å². The van der Waals surface area contributed by atoms with Crippen LogP contribution in [0.5, 0.6) is 0 Å². The van der Waals surface area contributed by atoms with Gasteiger partial charge in [0, 0.05) is 6.04 Å². The Bertz CT molecular complexity index is 581. The molecule has 104 valence electrons. The molecule has 0 radical (unpaired) electrons. The van der Waals surface area contributed by atoms with Crippen LogP contribution in [0.4, 0.5) is 11.4 Å². The van der Waals surface area contributed by atoms with E-state index in [2.05, 4.69) is 29.4 Å².